The second kappa shape index (κ2) is 7.43. The minimum absolute atomic E-state index is 0.0863. The van der Waals surface area contributed by atoms with Crippen LogP contribution in [0.4, 0.5) is 11.4 Å². The lowest BCUT2D eigenvalue weighted by molar-refractivity contribution is 0.397. The van der Waals surface area contributed by atoms with E-state index in [4.69, 9.17) is 22.1 Å². The van der Waals surface area contributed by atoms with Gasteiger partial charge in [0.05, 0.1) is 12.8 Å². The molecule has 0 saturated carbocycles. The summed E-state index contributed by atoms with van der Waals surface area (Å²) in [6.07, 6.45) is 3.30. The predicted molar refractivity (Wildman–Crippen MR) is 111 cm³/mol. The number of nitrogens with two attached hydrogens (primary N) is 1. The molecule has 2 N–H and O–H groups in total. The number of aromatic nitrogens is 2. The third-order valence-corrected chi connectivity index (χ3v) is 5.23. The van der Waals surface area contributed by atoms with Crippen LogP contribution >= 0.6 is 11.6 Å². The standard InChI is InChI=1S/C20H27ClN4O2/c1-20(2,3)14-9-8-13(12-15(14)27-4)25-19(26)16(22)17(18(21)23-25)24-10-6-5-7-11-24/h8-9,12H,5-7,10-11,22H2,1-4H3. The Bertz CT molecular complexity index is 896. The lowest BCUT2D eigenvalue weighted by Gasteiger charge is -2.30. The normalized spacial score (nSPS) is 15.1. The maximum atomic E-state index is 12.9. The average molecular weight is 391 g/mol. The molecule has 27 heavy (non-hydrogen) atoms. The van der Waals surface area contributed by atoms with Crippen molar-refractivity contribution in [3.05, 3.63) is 39.3 Å². The van der Waals surface area contributed by atoms with Crippen molar-refractivity contribution in [3.8, 4) is 11.4 Å². The van der Waals surface area contributed by atoms with E-state index in [0.29, 0.717) is 17.1 Å². The number of benzene rings is 1. The number of hydrogen-bond acceptors (Lipinski definition) is 5. The van der Waals surface area contributed by atoms with Gasteiger partial charge in [0.25, 0.3) is 5.56 Å². The predicted octanol–water partition coefficient (Wildman–Crippen LogP) is 3.76. The van der Waals surface area contributed by atoms with Gasteiger partial charge in [-0.1, -0.05) is 38.4 Å². The Labute approximate surface area is 164 Å². The highest BCUT2D eigenvalue weighted by Gasteiger charge is 2.23. The molecule has 1 aliphatic heterocycles. The van der Waals surface area contributed by atoms with Gasteiger partial charge in [-0.3, -0.25) is 4.79 Å². The molecule has 6 nitrogen and oxygen atoms in total. The fraction of sp³-hybridized carbons (Fsp3) is 0.500. The lowest BCUT2D eigenvalue weighted by atomic mass is 9.86. The Morgan fingerprint density at radius 1 is 1.19 bits per heavy atom. The van der Waals surface area contributed by atoms with E-state index in [2.05, 4.69) is 30.8 Å². The van der Waals surface area contributed by atoms with Crippen molar-refractivity contribution in [1.82, 2.24) is 9.78 Å². The van der Waals surface area contributed by atoms with Gasteiger partial charge in [-0.15, -0.1) is 0 Å². The maximum absolute atomic E-state index is 12.9. The summed E-state index contributed by atoms with van der Waals surface area (Å²) in [5, 5.41) is 4.58. The molecule has 1 aromatic carbocycles. The zero-order chi connectivity index (χ0) is 19.8. The van der Waals surface area contributed by atoms with Gasteiger partial charge >= 0.3 is 0 Å². The van der Waals surface area contributed by atoms with Crippen molar-refractivity contribution in [3.63, 3.8) is 0 Å². The van der Waals surface area contributed by atoms with E-state index in [1.807, 2.05) is 12.1 Å². The quantitative estimate of drug-likeness (QED) is 0.863. The first-order valence-electron chi connectivity index (χ1n) is 9.26. The number of rotatable bonds is 3. The highest BCUT2D eigenvalue weighted by molar-refractivity contribution is 6.32. The van der Waals surface area contributed by atoms with Crippen molar-refractivity contribution in [1.29, 1.82) is 0 Å². The summed E-state index contributed by atoms with van der Waals surface area (Å²) in [7, 11) is 1.62. The van der Waals surface area contributed by atoms with Gasteiger partial charge in [0.15, 0.2) is 5.15 Å². The molecule has 0 amide bonds. The van der Waals surface area contributed by atoms with Crippen LogP contribution in [0.5, 0.6) is 5.75 Å². The van der Waals surface area contributed by atoms with Gasteiger partial charge in [-0.25, -0.2) is 0 Å². The number of hydrogen-bond donors (Lipinski definition) is 1. The van der Waals surface area contributed by atoms with Crippen molar-refractivity contribution in [2.45, 2.75) is 45.4 Å². The molecule has 1 saturated heterocycles. The number of methoxy groups -OCH3 is 1. The molecule has 0 radical (unpaired) electrons. The van der Waals surface area contributed by atoms with Crippen LogP contribution in [0.25, 0.3) is 5.69 Å². The molecule has 1 aromatic heterocycles. The van der Waals surface area contributed by atoms with Crippen LogP contribution in [0.3, 0.4) is 0 Å². The number of nitrogen functional groups attached to an aromatic ring is 1. The summed E-state index contributed by atoms with van der Waals surface area (Å²) in [4.78, 5) is 15.0. The van der Waals surface area contributed by atoms with Crippen LogP contribution in [-0.4, -0.2) is 30.0 Å². The molecule has 2 heterocycles. The van der Waals surface area contributed by atoms with Gasteiger partial charge < -0.3 is 15.4 Å². The molecule has 146 valence electrons. The second-order valence-electron chi connectivity index (χ2n) is 7.95. The van der Waals surface area contributed by atoms with E-state index in [9.17, 15) is 4.79 Å². The Hall–Kier alpha value is -2.21. The van der Waals surface area contributed by atoms with E-state index in [1.54, 1.807) is 13.2 Å². The number of nitrogens with zero attached hydrogens (tertiary/aromatic N) is 3. The third kappa shape index (κ3) is 3.76. The Balaban J connectivity index is 2.09. The minimum Gasteiger partial charge on any atom is -0.496 e. The molecule has 0 unspecified atom stereocenters. The summed E-state index contributed by atoms with van der Waals surface area (Å²) in [6, 6.07) is 5.59. The summed E-state index contributed by atoms with van der Waals surface area (Å²) < 4.78 is 6.79. The van der Waals surface area contributed by atoms with Gasteiger partial charge in [0.1, 0.15) is 17.1 Å². The van der Waals surface area contributed by atoms with E-state index >= 15 is 0 Å². The zero-order valence-corrected chi connectivity index (χ0v) is 17.1. The molecule has 0 spiro atoms. The average Bonchev–Trinajstić information content (AvgIpc) is 2.64. The third-order valence-electron chi connectivity index (χ3n) is 4.97. The molecule has 3 rings (SSSR count). The van der Waals surface area contributed by atoms with Crippen LogP contribution in [0.2, 0.25) is 5.15 Å². The largest absolute Gasteiger partial charge is 0.496 e. The molecule has 0 atom stereocenters. The molecular formula is C20H27ClN4O2. The summed E-state index contributed by atoms with van der Waals surface area (Å²) >= 11 is 6.44. The van der Waals surface area contributed by atoms with E-state index in [1.165, 1.54) is 11.1 Å². The number of ether oxygens (including phenoxy) is 1. The summed E-state index contributed by atoms with van der Waals surface area (Å²) in [6.45, 7) is 8.00. The van der Waals surface area contributed by atoms with Gasteiger partial charge in [0, 0.05) is 19.2 Å². The van der Waals surface area contributed by atoms with E-state index in [-0.39, 0.29) is 21.8 Å². The molecule has 2 aromatic rings. The number of piperidine rings is 1. The highest BCUT2D eigenvalue weighted by Crippen LogP contribution is 2.34. The Kier molecular flexibility index (Phi) is 5.38. The monoisotopic (exact) mass is 390 g/mol. The highest BCUT2D eigenvalue weighted by atomic mass is 35.5. The molecular weight excluding hydrogens is 364 g/mol. The smallest absolute Gasteiger partial charge is 0.296 e. The van der Waals surface area contributed by atoms with Crippen molar-refractivity contribution >= 4 is 23.0 Å². The minimum atomic E-state index is -0.370. The van der Waals surface area contributed by atoms with Crippen LogP contribution < -0.4 is 20.9 Å². The Morgan fingerprint density at radius 2 is 1.85 bits per heavy atom. The van der Waals surface area contributed by atoms with Crippen LogP contribution in [0.15, 0.2) is 23.0 Å². The van der Waals surface area contributed by atoms with Crippen molar-refractivity contribution in [2.24, 2.45) is 0 Å². The topological polar surface area (TPSA) is 73.4 Å². The lowest BCUT2D eigenvalue weighted by Crippen LogP contribution is -2.34. The van der Waals surface area contributed by atoms with Crippen LogP contribution in [-0.2, 0) is 5.41 Å². The summed E-state index contributed by atoms with van der Waals surface area (Å²) in [5.74, 6) is 0.698. The second-order valence-corrected chi connectivity index (χ2v) is 8.31. The molecule has 1 fully saturated rings. The maximum Gasteiger partial charge on any atom is 0.296 e. The fourth-order valence-corrected chi connectivity index (χ4v) is 3.83. The molecule has 0 bridgehead atoms. The molecule has 0 aliphatic carbocycles. The van der Waals surface area contributed by atoms with Gasteiger partial charge in [-0.05, 0) is 36.3 Å². The number of halogens is 1. The van der Waals surface area contributed by atoms with Gasteiger partial charge in [-0.2, -0.15) is 9.78 Å². The van der Waals surface area contributed by atoms with E-state index in [0.717, 1.165) is 31.5 Å². The molecule has 7 heteroatoms. The zero-order valence-electron chi connectivity index (χ0n) is 16.4. The number of anilines is 2. The first-order chi connectivity index (χ1) is 12.7. The van der Waals surface area contributed by atoms with Crippen molar-refractivity contribution in [2.75, 3.05) is 30.8 Å². The first-order valence-corrected chi connectivity index (χ1v) is 9.64. The van der Waals surface area contributed by atoms with Crippen molar-refractivity contribution < 1.29 is 4.74 Å². The fourth-order valence-electron chi connectivity index (χ4n) is 3.53. The van der Waals surface area contributed by atoms with Crippen LogP contribution in [0.1, 0.15) is 45.6 Å². The Morgan fingerprint density at radius 3 is 2.44 bits per heavy atom. The summed E-state index contributed by atoms with van der Waals surface area (Å²) in [5.41, 5.74) is 8.04. The first kappa shape index (κ1) is 19.5. The van der Waals surface area contributed by atoms with E-state index < -0.39 is 0 Å². The van der Waals surface area contributed by atoms with Gasteiger partial charge in [0.2, 0.25) is 0 Å². The SMILES string of the molecule is COc1cc(-n2nc(Cl)c(N3CCCCC3)c(N)c2=O)ccc1C(C)(C)C. The van der Waals surface area contributed by atoms with Crippen LogP contribution in [0, 0.1) is 0 Å². The molecule has 1 aliphatic rings.